The quantitative estimate of drug-likeness (QED) is 0.682. The van der Waals surface area contributed by atoms with E-state index < -0.39 is 0 Å². The van der Waals surface area contributed by atoms with E-state index in [-0.39, 0.29) is 11.9 Å². The first-order valence-electron chi connectivity index (χ1n) is 9.95. The molecule has 0 radical (unpaired) electrons. The van der Waals surface area contributed by atoms with Gasteiger partial charge in [0, 0.05) is 60.8 Å². The zero-order valence-electron chi connectivity index (χ0n) is 16.2. The minimum absolute atomic E-state index is 0.246. The molecule has 3 aromatic rings. The number of nitrogens with one attached hydrogen (secondary N) is 1. The van der Waals surface area contributed by atoms with Crippen LogP contribution in [-0.4, -0.2) is 46.9 Å². The molecule has 146 valence electrons. The van der Waals surface area contributed by atoms with Crippen LogP contribution in [0.3, 0.4) is 0 Å². The first-order valence-corrected chi connectivity index (χ1v) is 10.3. The molecule has 1 aliphatic rings. The number of carbonyl (C=O) groups excluding carboxylic acids is 1. The van der Waals surface area contributed by atoms with Crippen LogP contribution in [0.25, 0.3) is 10.9 Å². The second-order valence-electron chi connectivity index (χ2n) is 7.47. The molecule has 5 heteroatoms. The highest BCUT2D eigenvalue weighted by atomic mass is 35.5. The lowest BCUT2D eigenvalue weighted by Gasteiger charge is -2.38. The van der Waals surface area contributed by atoms with Crippen molar-refractivity contribution < 1.29 is 4.79 Å². The summed E-state index contributed by atoms with van der Waals surface area (Å²) in [6, 6.07) is 16.5. The van der Waals surface area contributed by atoms with Gasteiger partial charge in [-0.05, 0) is 36.6 Å². The highest BCUT2D eigenvalue weighted by Crippen LogP contribution is 2.28. The van der Waals surface area contributed by atoms with E-state index in [1.165, 1.54) is 10.9 Å². The van der Waals surface area contributed by atoms with Gasteiger partial charge < -0.3 is 9.88 Å². The fraction of sp³-hybridized carbons (Fsp3) is 0.348. The highest BCUT2D eigenvalue weighted by Gasteiger charge is 2.25. The van der Waals surface area contributed by atoms with Gasteiger partial charge in [-0.15, -0.1) is 0 Å². The third-order valence-electron chi connectivity index (χ3n) is 5.85. The van der Waals surface area contributed by atoms with Crippen molar-refractivity contribution in [2.24, 2.45) is 0 Å². The number of aromatic nitrogens is 1. The molecule has 4 nitrogen and oxygen atoms in total. The first kappa shape index (κ1) is 19.0. The van der Waals surface area contributed by atoms with Crippen LogP contribution in [0, 0.1) is 0 Å². The number of para-hydroxylation sites is 1. The molecule has 1 aromatic heterocycles. The van der Waals surface area contributed by atoms with E-state index in [1.807, 2.05) is 41.4 Å². The Kier molecular flexibility index (Phi) is 5.69. The van der Waals surface area contributed by atoms with Crippen LogP contribution in [0.4, 0.5) is 0 Å². The van der Waals surface area contributed by atoms with E-state index >= 15 is 0 Å². The number of nitrogens with zero attached hydrogens (tertiary/aromatic N) is 2. The summed E-state index contributed by atoms with van der Waals surface area (Å²) in [5.74, 6) is 0.246. The van der Waals surface area contributed by atoms with E-state index in [1.54, 1.807) is 0 Å². The zero-order chi connectivity index (χ0) is 19.5. The molecule has 2 heterocycles. The summed E-state index contributed by atoms with van der Waals surface area (Å²) in [4.78, 5) is 20.4. The van der Waals surface area contributed by atoms with Gasteiger partial charge >= 0.3 is 0 Å². The maximum absolute atomic E-state index is 12.7. The Balaban J connectivity index is 1.31. The smallest absolute Gasteiger partial charge is 0.222 e. The predicted molar refractivity (Wildman–Crippen MR) is 115 cm³/mol. The Morgan fingerprint density at radius 2 is 1.79 bits per heavy atom. The number of halogens is 1. The van der Waals surface area contributed by atoms with Crippen LogP contribution >= 0.6 is 11.6 Å². The Morgan fingerprint density at radius 3 is 2.57 bits per heavy atom. The van der Waals surface area contributed by atoms with Gasteiger partial charge in [0.05, 0.1) is 0 Å². The summed E-state index contributed by atoms with van der Waals surface area (Å²) in [5, 5.41) is 2.03. The van der Waals surface area contributed by atoms with Gasteiger partial charge in [0.25, 0.3) is 0 Å². The Morgan fingerprint density at radius 1 is 1.07 bits per heavy atom. The maximum atomic E-state index is 12.7. The molecule has 1 atom stereocenters. The number of amides is 1. The lowest BCUT2D eigenvalue weighted by atomic mass is 10.1. The highest BCUT2D eigenvalue weighted by molar-refractivity contribution is 6.31. The molecule has 4 rings (SSSR count). The number of aryl methyl sites for hydroxylation is 1. The number of benzene rings is 2. The lowest BCUT2D eigenvalue weighted by Crippen LogP contribution is -2.49. The minimum atomic E-state index is 0.246. The fourth-order valence-corrected chi connectivity index (χ4v) is 4.40. The molecule has 28 heavy (non-hydrogen) atoms. The molecule has 2 aromatic carbocycles. The van der Waals surface area contributed by atoms with E-state index in [0.717, 1.165) is 48.7 Å². The molecule has 0 spiro atoms. The van der Waals surface area contributed by atoms with Crippen molar-refractivity contribution in [2.75, 3.05) is 26.2 Å². The predicted octanol–water partition coefficient (Wildman–Crippen LogP) is 4.66. The zero-order valence-corrected chi connectivity index (χ0v) is 17.0. The van der Waals surface area contributed by atoms with Crippen molar-refractivity contribution in [1.29, 1.82) is 0 Å². The van der Waals surface area contributed by atoms with Crippen molar-refractivity contribution in [3.8, 4) is 0 Å². The number of rotatable bonds is 5. The Labute approximate surface area is 171 Å². The summed E-state index contributed by atoms with van der Waals surface area (Å²) in [6.45, 7) is 5.51. The average Bonchev–Trinajstić information content (AvgIpc) is 3.15. The van der Waals surface area contributed by atoms with E-state index in [9.17, 15) is 4.79 Å². The lowest BCUT2D eigenvalue weighted by molar-refractivity contribution is -0.133. The number of hydrogen-bond donors (Lipinski definition) is 1. The summed E-state index contributed by atoms with van der Waals surface area (Å²) in [7, 11) is 0. The Bertz CT molecular complexity index is 959. The number of piperazine rings is 1. The van der Waals surface area contributed by atoms with Gasteiger partial charge in [-0.25, -0.2) is 0 Å². The topological polar surface area (TPSA) is 39.3 Å². The van der Waals surface area contributed by atoms with Crippen molar-refractivity contribution in [3.63, 3.8) is 0 Å². The number of carbonyl (C=O) groups is 1. The normalized spacial score (nSPS) is 16.4. The fourth-order valence-electron chi connectivity index (χ4n) is 4.11. The molecule has 1 amide bonds. The number of aromatic amines is 1. The van der Waals surface area contributed by atoms with Crippen LogP contribution in [0.5, 0.6) is 0 Å². The third kappa shape index (κ3) is 3.94. The van der Waals surface area contributed by atoms with Gasteiger partial charge in [0.2, 0.25) is 5.91 Å². The maximum Gasteiger partial charge on any atom is 0.222 e. The van der Waals surface area contributed by atoms with E-state index in [0.29, 0.717) is 6.42 Å². The summed E-state index contributed by atoms with van der Waals surface area (Å²) in [6.07, 6.45) is 3.36. The van der Waals surface area contributed by atoms with Crippen LogP contribution in [-0.2, 0) is 11.2 Å². The van der Waals surface area contributed by atoms with E-state index in [2.05, 4.69) is 35.0 Å². The third-order valence-corrected chi connectivity index (χ3v) is 6.20. The van der Waals surface area contributed by atoms with Crippen molar-refractivity contribution in [3.05, 3.63) is 70.9 Å². The molecule has 1 fully saturated rings. The number of hydrogen-bond acceptors (Lipinski definition) is 2. The molecule has 0 bridgehead atoms. The molecule has 1 N–H and O–H groups in total. The SMILES string of the molecule is CC(c1ccccc1Cl)N1CCN(C(=O)CCc2c[nH]c3ccccc23)CC1. The van der Waals surface area contributed by atoms with Gasteiger partial charge in [-0.3, -0.25) is 9.69 Å². The minimum Gasteiger partial charge on any atom is -0.361 e. The molecule has 1 saturated heterocycles. The number of H-pyrrole nitrogens is 1. The van der Waals surface area contributed by atoms with Gasteiger partial charge in [-0.1, -0.05) is 48.0 Å². The van der Waals surface area contributed by atoms with Crippen molar-refractivity contribution in [2.45, 2.75) is 25.8 Å². The van der Waals surface area contributed by atoms with Crippen molar-refractivity contribution in [1.82, 2.24) is 14.8 Å². The van der Waals surface area contributed by atoms with Crippen LogP contribution in [0.1, 0.15) is 30.5 Å². The summed E-state index contributed by atoms with van der Waals surface area (Å²) < 4.78 is 0. The van der Waals surface area contributed by atoms with Crippen molar-refractivity contribution >= 4 is 28.4 Å². The first-order chi connectivity index (χ1) is 13.6. The van der Waals surface area contributed by atoms with Gasteiger partial charge in [-0.2, -0.15) is 0 Å². The van der Waals surface area contributed by atoms with Crippen LogP contribution < -0.4 is 0 Å². The second kappa shape index (κ2) is 8.38. The summed E-state index contributed by atoms with van der Waals surface area (Å²) in [5.41, 5.74) is 3.50. The summed E-state index contributed by atoms with van der Waals surface area (Å²) >= 11 is 6.36. The molecular weight excluding hydrogens is 370 g/mol. The molecule has 0 aliphatic carbocycles. The monoisotopic (exact) mass is 395 g/mol. The second-order valence-corrected chi connectivity index (χ2v) is 7.88. The number of fused-ring (bicyclic) bond motifs is 1. The average molecular weight is 396 g/mol. The molecular formula is C23H26ClN3O. The van der Waals surface area contributed by atoms with Gasteiger partial charge in [0.15, 0.2) is 0 Å². The largest absolute Gasteiger partial charge is 0.361 e. The van der Waals surface area contributed by atoms with E-state index in [4.69, 9.17) is 11.6 Å². The van der Waals surface area contributed by atoms with Gasteiger partial charge in [0.1, 0.15) is 0 Å². The van der Waals surface area contributed by atoms with Crippen LogP contribution in [0.2, 0.25) is 5.02 Å². The van der Waals surface area contributed by atoms with Crippen LogP contribution in [0.15, 0.2) is 54.7 Å². The molecule has 0 saturated carbocycles. The molecule has 1 unspecified atom stereocenters. The molecule has 1 aliphatic heterocycles. The Hall–Kier alpha value is -2.30. The standard InChI is InChI=1S/C23H26ClN3O/c1-17(19-6-2-4-8-21(19)24)26-12-14-27(15-13-26)23(28)11-10-18-16-25-22-9-5-3-7-20(18)22/h2-9,16-17,25H,10-15H2,1H3.